The van der Waals surface area contributed by atoms with E-state index in [-0.39, 0.29) is 5.54 Å². The molecule has 2 aliphatic carbocycles. The molecule has 3 aliphatic rings. The van der Waals surface area contributed by atoms with E-state index in [2.05, 4.69) is 16.3 Å². The minimum absolute atomic E-state index is 0.334. The maximum Gasteiger partial charge on any atom is 0.122 e. The van der Waals surface area contributed by atoms with E-state index >= 15 is 0 Å². The fourth-order valence-corrected chi connectivity index (χ4v) is 3.86. The third kappa shape index (κ3) is 2.52. The van der Waals surface area contributed by atoms with E-state index in [1.165, 1.54) is 38.5 Å². The molecule has 1 saturated heterocycles. The maximum absolute atomic E-state index is 9.64. The lowest BCUT2D eigenvalue weighted by Gasteiger charge is -2.46. The SMILES string of the molecule is CNC(C#N)(CN1CCOC2CCCCC21)C1CC1. The topological polar surface area (TPSA) is 48.3 Å². The minimum Gasteiger partial charge on any atom is -0.375 e. The Hall–Kier alpha value is -0.630. The zero-order chi connectivity index (χ0) is 13.3. The van der Waals surface area contributed by atoms with E-state index in [0.717, 1.165) is 19.7 Å². The van der Waals surface area contributed by atoms with Crippen molar-refractivity contribution in [3.63, 3.8) is 0 Å². The standard InChI is InChI=1S/C15H25N3O/c1-17-15(10-16,12-6-7-12)11-18-8-9-19-14-5-3-2-4-13(14)18/h12-14,17H,2-9,11H2,1H3. The first-order valence-corrected chi connectivity index (χ1v) is 7.75. The van der Waals surface area contributed by atoms with Gasteiger partial charge in [-0.3, -0.25) is 4.90 Å². The van der Waals surface area contributed by atoms with Crippen LogP contribution in [-0.4, -0.2) is 49.3 Å². The molecule has 19 heavy (non-hydrogen) atoms. The number of nitrogens with one attached hydrogen (secondary N) is 1. The Balaban J connectivity index is 1.71. The van der Waals surface area contributed by atoms with Crippen LogP contribution in [0.4, 0.5) is 0 Å². The van der Waals surface area contributed by atoms with Gasteiger partial charge in [0.15, 0.2) is 0 Å². The van der Waals surface area contributed by atoms with Crippen molar-refractivity contribution in [2.75, 3.05) is 26.7 Å². The van der Waals surface area contributed by atoms with Gasteiger partial charge >= 0.3 is 0 Å². The zero-order valence-electron chi connectivity index (χ0n) is 11.9. The summed E-state index contributed by atoms with van der Waals surface area (Å²) in [6.07, 6.45) is 7.86. The first-order chi connectivity index (χ1) is 9.29. The molecule has 1 heterocycles. The lowest BCUT2D eigenvalue weighted by Crippen LogP contribution is -2.60. The molecule has 3 fully saturated rings. The van der Waals surface area contributed by atoms with Gasteiger partial charge in [-0.25, -0.2) is 0 Å². The molecular formula is C15H25N3O. The molecule has 1 N–H and O–H groups in total. The molecule has 0 aromatic heterocycles. The monoisotopic (exact) mass is 263 g/mol. The van der Waals surface area contributed by atoms with Gasteiger partial charge in [0.2, 0.25) is 0 Å². The van der Waals surface area contributed by atoms with Gasteiger partial charge in [-0.05, 0) is 38.6 Å². The van der Waals surface area contributed by atoms with Gasteiger partial charge in [0, 0.05) is 19.1 Å². The third-order valence-electron chi connectivity index (χ3n) is 5.22. The Morgan fingerprint density at radius 1 is 1.32 bits per heavy atom. The van der Waals surface area contributed by atoms with Gasteiger partial charge in [-0.2, -0.15) is 5.26 Å². The first-order valence-electron chi connectivity index (χ1n) is 7.75. The molecule has 0 aromatic carbocycles. The number of hydrogen-bond donors (Lipinski definition) is 1. The number of nitriles is 1. The second-order valence-corrected chi connectivity index (χ2v) is 6.34. The van der Waals surface area contributed by atoms with Gasteiger partial charge in [0.05, 0.1) is 18.8 Å². The van der Waals surface area contributed by atoms with Crippen molar-refractivity contribution in [1.82, 2.24) is 10.2 Å². The molecule has 0 aromatic rings. The van der Waals surface area contributed by atoms with Crippen LogP contribution in [0.5, 0.6) is 0 Å². The number of ether oxygens (including phenoxy) is 1. The summed E-state index contributed by atoms with van der Waals surface area (Å²) in [7, 11) is 1.94. The van der Waals surface area contributed by atoms with Crippen LogP contribution in [0.15, 0.2) is 0 Å². The number of nitrogens with zero attached hydrogens (tertiary/aromatic N) is 2. The van der Waals surface area contributed by atoms with Crippen molar-refractivity contribution in [3.05, 3.63) is 0 Å². The van der Waals surface area contributed by atoms with E-state index in [1.54, 1.807) is 0 Å². The molecule has 3 rings (SSSR count). The van der Waals surface area contributed by atoms with Crippen molar-refractivity contribution in [2.45, 2.75) is 56.2 Å². The predicted octanol–water partition coefficient (Wildman–Crippen LogP) is 1.52. The van der Waals surface area contributed by atoms with Gasteiger partial charge in [0.25, 0.3) is 0 Å². The fourth-order valence-electron chi connectivity index (χ4n) is 3.86. The number of rotatable bonds is 4. The Bertz CT molecular complexity index is 361. The van der Waals surface area contributed by atoms with Crippen LogP contribution in [0.3, 0.4) is 0 Å². The highest BCUT2D eigenvalue weighted by molar-refractivity contribution is 5.16. The highest BCUT2D eigenvalue weighted by atomic mass is 16.5. The van der Waals surface area contributed by atoms with E-state index < -0.39 is 0 Å². The molecule has 106 valence electrons. The molecule has 3 atom stereocenters. The Kier molecular flexibility index (Phi) is 3.79. The number of likely N-dealkylation sites (N-methyl/N-ethyl adjacent to an activating group) is 1. The summed E-state index contributed by atoms with van der Waals surface area (Å²) in [4.78, 5) is 2.53. The van der Waals surface area contributed by atoms with Crippen LogP contribution < -0.4 is 5.32 Å². The van der Waals surface area contributed by atoms with Crippen molar-refractivity contribution in [1.29, 1.82) is 5.26 Å². The summed E-state index contributed by atoms with van der Waals surface area (Å²) in [6.45, 7) is 2.69. The smallest absolute Gasteiger partial charge is 0.122 e. The lowest BCUT2D eigenvalue weighted by molar-refractivity contribution is -0.0932. The molecule has 0 bridgehead atoms. The molecule has 0 amide bonds. The second-order valence-electron chi connectivity index (χ2n) is 6.34. The van der Waals surface area contributed by atoms with Crippen molar-refractivity contribution >= 4 is 0 Å². The van der Waals surface area contributed by atoms with E-state index in [9.17, 15) is 5.26 Å². The average molecular weight is 263 g/mol. The minimum atomic E-state index is -0.334. The zero-order valence-corrected chi connectivity index (χ0v) is 11.9. The van der Waals surface area contributed by atoms with Crippen LogP contribution in [0, 0.1) is 17.2 Å². The van der Waals surface area contributed by atoms with E-state index in [0.29, 0.717) is 18.1 Å². The maximum atomic E-state index is 9.64. The number of hydrogen-bond acceptors (Lipinski definition) is 4. The Labute approximate surface area is 116 Å². The van der Waals surface area contributed by atoms with Gasteiger partial charge in [0.1, 0.15) is 5.54 Å². The normalized spacial score (nSPS) is 35.2. The van der Waals surface area contributed by atoms with Crippen LogP contribution >= 0.6 is 0 Å². The van der Waals surface area contributed by atoms with Crippen LogP contribution in [0.25, 0.3) is 0 Å². The van der Waals surface area contributed by atoms with E-state index in [1.807, 2.05) is 7.05 Å². The molecular weight excluding hydrogens is 238 g/mol. The second kappa shape index (κ2) is 5.40. The summed E-state index contributed by atoms with van der Waals surface area (Å²) in [6, 6.07) is 3.12. The van der Waals surface area contributed by atoms with Crippen molar-refractivity contribution in [3.8, 4) is 6.07 Å². The summed E-state index contributed by atoms with van der Waals surface area (Å²) >= 11 is 0. The van der Waals surface area contributed by atoms with E-state index in [4.69, 9.17) is 4.74 Å². The van der Waals surface area contributed by atoms with Crippen molar-refractivity contribution < 1.29 is 4.74 Å². The van der Waals surface area contributed by atoms with Gasteiger partial charge in [-0.1, -0.05) is 12.8 Å². The van der Waals surface area contributed by atoms with Gasteiger partial charge in [-0.15, -0.1) is 0 Å². The quantitative estimate of drug-likeness (QED) is 0.835. The molecule has 0 spiro atoms. The Morgan fingerprint density at radius 3 is 2.79 bits per heavy atom. The summed E-state index contributed by atoms with van der Waals surface area (Å²) in [5.74, 6) is 0.549. The average Bonchev–Trinajstić information content (AvgIpc) is 3.30. The highest BCUT2D eigenvalue weighted by Gasteiger charge is 2.47. The predicted molar refractivity (Wildman–Crippen MR) is 73.7 cm³/mol. The molecule has 4 heteroatoms. The fraction of sp³-hybridized carbons (Fsp3) is 0.933. The van der Waals surface area contributed by atoms with Crippen LogP contribution in [0.1, 0.15) is 38.5 Å². The molecule has 1 aliphatic heterocycles. The third-order valence-corrected chi connectivity index (χ3v) is 5.22. The highest BCUT2D eigenvalue weighted by Crippen LogP contribution is 2.41. The largest absolute Gasteiger partial charge is 0.375 e. The first kappa shape index (κ1) is 13.4. The summed E-state index contributed by atoms with van der Waals surface area (Å²) in [5, 5.41) is 13.0. The summed E-state index contributed by atoms with van der Waals surface area (Å²) in [5.41, 5.74) is -0.334. The molecule has 3 unspecified atom stereocenters. The number of morpholine rings is 1. The molecule has 4 nitrogen and oxygen atoms in total. The molecule has 2 saturated carbocycles. The summed E-state index contributed by atoms with van der Waals surface area (Å²) < 4.78 is 5.93. The Morgan fingerprint density at radius 2 is 2.11 bits per heavy atom. The molecule has 0 radical (unpaired) electrons. The van der Waals surface area contributed by atoms with Crippen LogP contribution in [0.2, 0.25) is 0 Å². The lowest BCUT2D eigenvalue weighted by atomic mass is 9.87. The van der Waals surface area contributed by atoms with Crippen LogP contribution in [-0.2, 0) is 4.74 Å². The number of fused-ring (bicyclic) bond motifs is 1. The van der Waals surface area contributed by atoms with Gasteiger partial charge < -0.3 is 10.1 Å². The van der Waals surface area contributed by atoms with Crippen molar-refractivity contribution in [2.24, 2.45) is 5.92 Å².